The van der Waals surface area contributed by atoms with Gasteiger partial charge in [-0.1, -0.05) is 11.2 Å². The number of rotatable bonds is 7. The lowest BCUT2D eigenvalue weighted by molar-refractivity contribution is -0.169. The molecule has 0 aromatic carbocycles. The van der Waals surface area contributed by atoms with Crippen molar-refractivity contribution in [1.29, 1.82) is 0 Å². The number of hydrogen-bond donors (Lipinski definition) is 3. The number of anilines is 1. The number of carbonyl (C=O) groups is 4. The minimum atomic E-state index is -2.11. The van der Waals surface area contributed by atoms with E-state index in [1.807, 2.05) is 0 Å². The van der Waals surface area contributed by atoms with Crippen LogP contribution >= 0.6 is 23.1 Å². The highest BCUT2D eigenvalue weighted by Gasteiger charge is 2.68. The van der Waals surface area contributed by atoms with Crippen molar-refractivity contribution < 1.29 is 29.1 Å². The monoisotopic (exact) mass is 411 g/mol. The molecule has 3 amide bonds. The molecular formula is C14H13N5O6S2. The van der Waals surface area contributed by atoms with Gasteiger partial charge in [0.25, 0.3) is 11.8 Å². The molecule has 1 fully saturated rings. The number of thiazole rings is 1. The van der Waals surface area contributed by atoms with E-state index in [0.717, 1.165) is 11.3 Å². The third kappa shape index (κ3) is 3.04. The van der Waals surface area contributed by atoms with Crippen molar-refractivity contribution in [2.45, 2.75) is 10.9 Å². The highest BCUT2D eigenvalue weighted by atomic mass is 32.2. The van der Waals surface area contributed by atoms with Gasteiger partial charge in [-0.3, -0.25) is 14.4 Å². The summed E-state index contributed by atoms with van der Waals surface area (Å²) in [5.74, 6) is -2.66. The first-order valence-corrected chi connectivity index (χ1v) is 9.32. The number of carboxylic acids is 1. The average molecular weight is 411 g/mol. The summed E-state index contributed by atoms with van der Waals surface area (Å²) in [6, 6.07) is 0. The molecule has 0 bridgehead atoms. The van der Waals surface area contributed by atoms with Gasteiger partial charge in [0.05, 0.1) is 0 Å². The average Bonchev–Trinajstić information content (AvgIpc) is 3.11. The molecule has 142 valence electrons. The molecule has 3 rings (SSSR count). The van der Waals surface area contributed by atoms with E-state index in [-0.39, 0.29) is 16.5 Å². The lowest BCUT2D eigenvalue weighted by Gasteiger charge is -2.52. The Hall–Kier alpha value is -2.93. The Kier molecular flexibility index (Phi) is 5.14. The van der Waals surface area contributed by atoms with Crippen molar-refractivity contribution >= 4 is 58.1 Å². The van der Waals surface area contributed by atoms with Gasteiger partial charge < -0.3 is 25.5 Å². The van der Waals surface area contributed by atoms with Gasteiger partial charge in [0.2, 0.25) is 11.9 Å². The molecule has 1 aromatic rings. The van der Waals surface area contributed by atoms with Crippen LogP contribution in [-0.2, 0) is 24.0 Å². The fourth-order valence-corrected chi connectivity index (χ4v) is 4.48. The SMILES string of the molecule is CON=C(C(=O)NC1(C(=O)O)C(=O)N2C=CCS[C@H]21)c1csc(NC=O)n1. The molecule has 3 heterocycles. The molecule has 2 aliphatic heterocycles. The minimum absolute atomic E-state index is 0.0593. The Morgan fingerprint density at radius 3 is 3.00 bits per heavy atom. The minimum Gasteiger partial charge on any atom is -0.479 e. The van der Waals surface area contributed by atoms with Crippen LogP contribution < -0.4 is 10.6 Å². The second-order valence-electron chi connectivity index (χ2n) is 5.27. The lowest BCUT2D eigenvalue weighted by atomic mass is 9.87. The van der Waals surface area contributed by atoms with Crippen molar-refractivity contribution in [2.75, 3.05) is 18.2 Å². The molecule has 1 unspecified atom stereocenters. The quantitative estimate of drug-likeness (QED) is 0.177. The maximum Gasteiger partial charge on any atom is 0.342 e. The van der Waals surface area contributed by atoms with E-state index >= 15 is 0 Å². The van der Waals surface area contributed by atoms with Crippen LogP contribution in [0.25, 0.3) is 0 Å². The first-order chi connectivity index (χ1) is 13.0. The third-order valence-corrected chi connectivity index (χ3v) is 5.84. The van der Waals surface area contributed by atoms with Crippen LogP contribution in [0.4, 0.5) is 5.13 Å². The molecular weight excluding hydrogens is 398 g/mol. The molecule has 3 N–H and O–H groups in total. The number of nitrogens with zero attached hydrogens (tertiary/aromatic N) is 3. The molecule has 0 aliphatic carbocycles. The summed E-state index contributed by atoms with van der Waals surface area (Å²) in [4.78, 5) is 57.4. The second-order valence-corrected chi connectivity index (χ2v) is 7.24. The Morgan fingerprint density at radius 2 is 2.33 bits per heavy atom. The third-order valence-electron chi connectivity index (χ3n) is 3.79. The number of oxime groups is 1. The van der Waals surface area contributed by atoms with Gasteiger partial charge in [0.15, 0.2) is 10.8 Å². The number of amides is 3. The Balaban J connectivity index is 1.89. The first-order valence-electron chi connectivity index (χ1n) is 7.40. The van der Waals surface area contributed by atoms with Crippen molar-refractivity contribution in [3.05, 3.63) is 23.3 Å². The molecule has 27 heavy (non-hydrogen) atoms. The molecule has 0 saturated carbocycles. The number of β-lactam (4-membered cyclic amide) rings is 1. The fraction of sp³-hybridized carbons (Fsp3) is 0.286. The maximum atomic E-state index is 12.7. The number of carboxylic acid groups (broad SMARTS) is 1. The number of thioether (sulfide) groups is 1. The Bertz CT molecular complexity index is 868. The predicted octanol–water partition coefficient (Wildman–Crippen LogP) is -0.570. The fourth-order valence-electron chi connectivity index (χ4n) is 2.61. The molecule has 0 radical (unpaired) electrons. The molecule has 1 saturated heterocycles. The Labute approximate surface area is 160 Å². The number of nitrogens with one attached hydrogen (secondary N) is 2. The van der Waals surface area contributed by atoms with Gasteiger partial charge in [0.1, 0.15) is 18.2 Å². The summed E-state index contributed by atoms with van der Waals surface area (Å²) in [6.07, 6.45) is 3.64. The summed E-state index contributed by atoms with van der Waals surface area (Å²) in [6.45, 7) is 0. The van der Waals surface area contributed by atoms with E-state index in [0.29, 0.717) is 12.2 Å². The zero-order valence-electron chi connectivity index (χ0n) is 13.7. The van der Waals surface area contributed by atoms with Crippen LogP contribution in [0.1, 0.15) is 5.69 Å². The highest BCUT2D eigenvalue weighted by molar-refractivity contribution is 8.00. The Morgan fingerprint density at radius 1 is 1.56 bits per heavy atom. The standard InChI is InChI=1S/C14H13N5O6S2/c1-25-18-8(7-5-27-13(16-7)15-6-20)9(21)17-14(12(23)24)10(22)19-3-2-4-26-11(14)19/h2-3,5-6,11H,4H2,1H3,(H,17,21)(H,23,24)(H,15,16,20)/t11-,14?/m0/s1. The van der Waals surface area contributed by atoms with E-state index in [1.165, 1.54) is 35.4 Å². The highest BCUT2D eigenvalue weighted by Crippen LogP contribution is 2.41. The largest absolute Gasteiger partial charge is 0.479 e. The van der Waals surface area contributed by atoms with Gasteiger partial charge in [-0.2, -0.15) is 0 Å². The molecule has 0 spiro atoms. The van der Waals surface area contributed by atoms with Crippen LogP contribution in [0.15, 0.2) is 22.8 Å². The van der Waals surface area contributed by atoms with Gasteiger partial charge in [0, 0.05) is 17.3 Å². The first kappa shape index (κ1) is 18.8. The molecule has 2 aliphatic rings. The topological polar surface area (TPSA) is 150 Å². The maximum absolute atomic E-state index is 12.7. The van der Waals surface area contributed by atoms with Crippen molar-refractivity contribution in [3.8, 4) is 0 Å². The number of hydrogen-bond acceptors (Lipinski definition) is 9. The molecule has 13 heteroatoms. The van der Waals surface area contributed by atoms with E-state index in [4.69, 9.17) is 0 Å². The van der Waals surface area contributed by atoms with Crippen molar-refractivity contribution in [2.24, 2.45) is 5.16 Å². The normalized spacial score (nSPS) is 23.9. The molecule has 2 atom stereocenters. The van der Waals surface area contributed by atoms with Crippen LogP contribution in [-0.4, -0.2) is 68.7 Å². The van der Waals surface area contributed by atoms with Crippen LogP contribution in [0.3, 0.4) is 0 Å². The van der Waals surface area contributed by atoms with Crippen LogP contribution in [0.5, 0.6) is 0 Å². The van der Waals surface area contributed by atoms with E-state index in [9.17, 15) is 24.3 Å². The summed E-state index contributed by atoms with van der Waals surface area (Å²) in [5, 5.41) is 18.7. The summed E-state index contributed by atoms with van der Waals surface area (Å²) < 4.78 is 0. The summed E-state index contributed by atoms with van der Waals surface area (Å²) >= 11 is 2.25. The molecule has 1 aromatic heterocycles. The van der Waals surface area contributed by atoms with E-state index < -0.39 is 28.7 Å². The van der Waals surface area contributed by atoms with Gasteiger partial charge in [-0.15, -0.1) is 23.1 Å². The summed E-state index contributed by atoms with van der Waals surface area (Å²) in [7, 11) is 1.20. The summed E-state index contributed by atoms with van der Waals surface area (Å²) in [5.41, 5.74) is -2.37. The number of aromatic nitrogens is 1. The van der Waals surface area contributed by atoms with E-state index in [1.54, 1.807) is 6.08 Å². The predicted molar refractivity (Wildman–Crippen MR) is 96.1 cm³/mol. The second kappa shape index (κ2) is 7.36. The van der Waals surface area contributed by atoms with Crippen LogP contribution in [0.2, 0.25) is 0 Å². The van der Waals surface area contributed by atoms with Crippen molar-refractivity contribution in [3.63, 3.8) is 0 Å². The van der Waals surface area contributed by atoms with Gasteiger partial charge >= 0.3 is 5.97 Å². The lowest BCUT2D eigenvalue weighted by Crippen LogP contribution is -2.82. The number of fused-ring (bicyclic) bond motifs is 1. The van der Waals surface area contributed by atoms with Crippen LogP contribution in [0, 0.1) is 0 Å². The van der Waals surface area contributed by atoms with Crippen molar-refractivity contribution in [1.82, 2.24) is 15.2 Å². The van der Waals surface area contributed by atoms with Gasteiger partial charge in [-0.25, -0.2) is 9.78 Å². The molecule has 11 nitrogen and oxygen atoms in total. The smallest absolute Gasteiger partial charge is 0.342 e. The zero-order chi connectivity index (χ0) is 19.6. The van der Waals surface area contributed by atoms with Gasteiger partial charge in [-0.05, 0) is 0 Å². The number of aliphatic carboxylic acids is 1. The van der Waals surface area contributed by atoms with E-state index in [2.05, 4.69) is 25.6 Å². The zero-order valence-corrected chi connectivity index (χ0v) is 15.4. The number of carbonyl (C=O) groups excluding carboxylic acids is 3.